The molecule has 0 bridgehead atoms. The zero-order valence-corrected chi connectivity index (χ0v) is 9.69. The summed E-state index contributed by atoms with van der Waals surface area (Å²) in [5.41, 5.74) is 7.91. The number of nitrogen functional groups attached to an aromatic ring is 1. The molecule has 0 radical (unpaired) electrons. The predicted molar refractivity (Wildman–Crippen MR) is 67.0 cm³/mol. The largest absolute Gasteiger partial charge is 0.420 e. The van der Waals surface area contributed by atoms with Crippen molar-refractivity contribution < 1.29 is 4.42 Å². The van der Waals surface area contributed by atoms with Crippen molar-refractivity contribution in [2.24, 2.45) is 0 Å². The van der Waals surface area contributed by atoms with E-state index in [1.807, 2.05) is 6.07 Å². The van der Waals surface area contributed by atoms with E-state index in [-0.39, 0.29) is 11.8 Å². The van der Waals surface area contributed by atoms with Crippen LogP contribution < -0.4 is 11.5 Å². The first-order valence-electron chi connectivity index (χ1n) is 6.16. The van der Waals surface area contributed by atoms with Gasteiger partial charge in [0.1, 0.15) is 0 Å². The van der Waals surface area contributed by atoms with Crippen molar-refractivity contribution in [3.63, 3.8) is 0 Å². The molecule has 2 N–H and O–H groups in total. The minimum atomic E-state index is -0.252. The number of rotatable bonds is 1. The molecule has 17 heavy (non-hydrogen) atoms. The van der Waals surface area contributed by atoms with Crippen molar-refractivity contribution >= 4 is 16.8 Å². The van der Waals surface area contributed by atoms with Crippen LogP contribution in [0.3, 0.4) is 0 Å². The second-order valence-corrected chi connectivity index (χ2v) is 4.76. The van der Waals surface area contributed by atoms with Crippen LogP contribution >= 0.6 is 0 Å². The van der Waals surface area contributed by atoms with Crippen LogP contribution in [0.15, 0.2) is 27.4 Å². The summed E-state index contributed by atoms with van der Waals surface area (Å²) in [4.78, 5) is 11.9. The number of anilines is 1. The van der Waals surface area contributed by atoms with Gasteiger partial charge in [-0.3, -0.25) is 4.57 Å². The summed E-state index contributed by atoms with van der Waals surface area (Å²) in [6.45, 7) is 0. The third kappa shape index (κ3) is 1.73. The van der Waals surface area contributed by atoms with Gasteiger partial charge in [0.15, 0.2) is 5.58 Å². The van der Waals surface area contributed by atoms with E-state index in [2.05, 4.69) is 0 Å². The first-order chi connectivity index (χ1) is 8.25. The average Bonchev–Trinajstić information content (AvgIpc) is 2.65. The maximum Gasteiger partial charge on any atom is 0.420 e. The highest BCUT2D eigenvalue weighted by Crippen LogP contribution is 2.30. The summed E-state index contributed by atoms with van der Waals surface area (Å²) < 4.78 is 7.04. The molecule has 0 aliphatic heterocycles. The summed E-state index contributed by atoms with van der Waals surface area (Å²) in [6.07, 6.45) is 5.76. The lowest BCUT2D eigenvalue weighted by Crippen LogP contribution is -2.22. The molecule has 1 heterocycles. The molecule has 4 nitrogen and oxygen atoms in total. The highest BCUT2D eigenvalue weighted by Gasteiger charge is 2.20. The fourth-order valence-corrected chi connectivity index (χ4v) is 2.74. The Kier molecular flexibility index (Phi) is 2.42. The summed E-state index contributed by atoms with van der Waals surface area (Å²) >= 11 is 0. The third-order valence-electron chi connectivity index (χ3n) is 3.58. The molecule has 90 valence electrons. The van der Waals surface area contributed by atoms with E-state index in [0.29, 0.717) is 11.3 Å². The van der Waals surface area contributed by atoms with Crippen LogP contribution in [0.4, 0.5) is 5.69 Å². The topological polar surface area (TPSA) is 61.2 Å². The first-order valence-corrected chi connectivity index (χ1v) is 6.16. The molecule has 1 aromatic carbocycles. The molecule has 2 aromatic rings. The maximum atomic E-state index is 11.9. The average molecular weight is 232 g/mol. The van der Waals surface area contributed by atoms with Crippen LogP contribution in [0.1, 0.15) is 38.1 Å². The Bertz CT molecular complexity index is 591. The number of fused-ring (bicyclic) bond motifs is 1. The molecular formula is C13H16N2O2. The number of benzene rings is 1. The fraction of sp³-hybridized carbons (Fsp3) is 0.462. The molecule has 1 aromatic heterocycles. The van der Waals surface area contributed by atoms with E-state index in [1.165, 1.54) is 19.3 Å². The molecule has 1 fully saturated rings. The van der Waals surface area contributed by atoms with Crippen molar-refractivity contribution in [3.05, 3.63) is 28.7 Å². The lowest BCUT2D eigenvalue weighted by molar-refractivity contribution is 0.336. The highest BCUT2D eigenvalue weighted by molar-refractivity contribution is 5.77. The standard InChI is InChI=1S/C13H16N2O2/c14-9-6-7-12-11(8-9)15(13(16)17-12)10-4-2-1-3-5-10/h6-8,10H,1-5,14H2. The van der Waals surface area contributed by atoms with E-state index in [9.17, 15) is 4.79 Å². The van der Waals surface area contributed by atoms with Crippen LogP contribution in [0.2, 0.25) is 0 Å². The fourth-order valence-electron chi connectivity index (χ4n) is 2.74. The van der Waals surface area contributed by atoms with E-state index in [4.69, 9.17) is 10.2 Å². The normalized spacial score (nSPS) is 17.6. The Morgan fingerprint density at radius 3 is 2.76 bits per heavy atom. The van der Waals surface area contributed by atoms with Gasteiger partial charge in [-0.15, -0.1) is 0 Å². The van der Waals surface area contributed by atoms with Gasteiger partial charge in [-0.1, -0.05) is 19.3 Å². The number of nitrogens with zero attached hydrogens (tertiary/aromatic N) is 1. The van der Waals surface area contributed by atoms with Crippen molar-refractivity contribution in [1.82, 2.24) is 4.57 Å². The van der Waals surface area contributed by atoms with Crippen LogP contribution in [0.5, 0.6) is 0 Å². The molecule has 0 amide bonds. The van der Waals surface area contributed by atoms with Gasteiger partial charge in [-0.2, -0.15) is 0 Å². The molecule has 1 aliphatic carbocycles. The van der Waals surface area contributed by atoms with Crippen molar-refractivity contribution in [3.8, 4) is 0 Å². The van der Waals surface area contributed by atoms with Crippen LogP contribution in [0.25, 0.3) is 11.1 Å². The van der Waals surface area contributed by atoms with Gasteiger partial charge in [0.25, 0.3) is 0 Å². The van der Waals surface area contributed by atoms with E-state index < -0.39 is 0 Å². The van der Waals surface area contributed by atoms with Crippen molar-refractivity contribution in [1.29, 1.82) is 0 Å². The first kappa shape index (κ1) is 10.4. The molecule has 1 saturated carbocycles. The number of hydrogen-bond donors (Lipinski definition) is 1. The molecular weight excluding hydrogens is 216 g/mol. The molecule has 3 rings (SSSR count). The Balaban J connectivity index is 2.16. The third-order valence-corrected chi connectivity index (χ3v) is 3.58. The van der Waals surface area contributed by atoms with E-state index in [0.717, 1.165) is 18.4 Å². The number of nitrogens with two attached hydrogens (primary N) is 1. The van der Waals surface area contributed by atoms with E-state index >= 15 is 0 Å². The second-order valence-electron chi connectivity index (χ2n) is 4.76. The van der Waals surface area contributed by atoms with Gasteiger partial charge in [-0.25, -0.2) is 4.79 Å². The monoisotopic (exact) mass is 232 g/mol. The lowest BCUT2D eigenvalue weighted by Gasteiger charge is -2.22. The quantitative estimate of drug-likeness (QED) is 0.769. The van der Waals surface area contributed by atoms with Crippen LogP contribution in [-0.2, 0) is 0 Å². The molecule has 0 atom stereocenters. The van der Waals surface area contributed by atoms with Crippen molar-refractivity contribution in [2.45, 2.75) is 38.1 Å². The molecule has 4 heteroatoms. The molecule has 0 unspecified atom stereocenters. The van der Waals surface area contributed by atoms with Gasteiger partial charge >= 0.3 is 5.76 Å². The van der Waals surface area contributed by atoms with Crippen molar-refractivity contribution in [2.75, 3.05) is 5.73 Å². The summed E-state index contributed by atoms with van der Waals surface area (Å²) in [5.74, 6) is -0.252. The van der Waals surface area contributed by atoms with Gasteiger partial charge in [0, 0.05) is 11.7 Å². The molecule has 1 aliphatic rings. The van der Waals surface area contributed by atoms with Gasteiger partial charge in [-0.05, 0) is 31.0 Å². The lowest BCUT2D eigenvalue weighted by atomic mass is 9.95. The van der Waals surface area contributed by atoms with Crippen LogP contribution in [0, 0.1) is 0 Å². The Morgan fingerprint density at radius 2 is 2.00 bits per heavy atom. The van der Waals surface area contributed by atoms with Gasteiger partial charge in [0.05, 0.1) is 5.52 Å². The summed E-state index contributed by atoms with van der Waals surface area (Å²) in [6, 6.07) is 5.63. The maximum absolute atomic E-state index is 11.9. The Labute approximate surface area is 99.0 Å². The minimum Gasteiger partial charge on any atom is -0.408 e. The Morgan fingerprint density at radius 1 is 1.24 bits per heavy atom. The number of oxazole rings is 1. The predicted octanol–water partition coefficient (Wildman–Crippen LogP) is 2.68. The SMILES string of the molecule is Nc1ccc2oc(=O)n(C3CCCCC3)c2c1. The zero-order valence-electron chi connectivity index (χ0n) is 9.69. The second kappa shape index (κ2) is 3.95. The highest BCUT2D eigenvalue weighted by atomic mass is 16.4. The minimum absolute atomic E-state index is 0.252. The summed E-state index contributed by atoms with van der Waals surface area (Å²) in [7, 11) is 0. The molecule has 0 spiro atoms. The summed E-state index contributed by atoms with van der Waals surface area (Å²) in [5, 5.41) is 0. The zero-order chi connectivity index (χ0) is 11.8. The van der Waals surface area contributed by atoms with Crippen LogP contribution in [-0.4, -0.2) is 4.57 Å². The van der Waals surface area contributed by atoms with E-state index in [1.54, 1.807) is 16.7 Å². The molecule has 0 saturated heterocycles. The smallest absolute Gasteiger partial charge is 0.408 e. The Hall–Kier alpha value is -1.71. The number of hydrogen-bond acceptors (Lipinski definition) is 3. The van der Waals surface area contributed by atoms with Gasteiger partial charge in [0.2, 0.25) is 0 Å². The van der Waals surface area contributed by atoms with Gasteiger partial charge < -0.3 is 10.2 Å². The number of aromatic nitrogens is 1.